The van der Waals surface area contributed by atoms with Gasteiger partial charge in [-0.1, -0.05) is 16.0 Å². The Hall–Kier alpha value is -0.680. The van der Waals surface area contributed by atoms with Gasteiger partial charge in [-0.2, -0.15) is 12.7 Å². The summed E-state index contributed by atoms with van der Waals surface area (Å²) in [7, 11) is -4.60. The van der Waals surface area contributed by atoms with Gasteiger partial charge in [-0.25, -0.2) is 0 Å². The van der Waals surface area contributed by atoms with Crippen molar-refractivity contribution in [1.29, 1.82) is 0 Å². The van der Waals surface area contributed by atoms with Crippen LogP contribution >= 0.6 is 0 Å². The Morgan fingerprint density at radius 2 is 1.64 bits per heavy atom. The van der Waals surface area contributed by atoms with Crippen LogP contribution in [0.15, 0.2) is 25.3 Å². The molecule has 0 bridgehead atoms. The lowest BCUT2D eigenvalue weighted by molar-refractivity contribution is 0.435. The molecule has 0 fully saturated rings. The molecule has 0 heterocycles. The highest BCUT2D eigenvalue weighted by molar-refractivity contribution is 7.83. The predicted molar refractivity (Wildman–Crippen MR) is 42.0 cm³/mol. The minimum atomic E-state index is -4.60. The molecule has 0 saturated heterocycles. The molecule has 64 valence electrons. The zero-order valence-electron chi connectivity index (χ0n) is 6.03. The number of halogens is 1. The zero-order chi connectivity index (χ0) is 8.91. The van der Waals surface area contributed by atoms with Crippen molar-refractivity contribution in [3.63, 3.8) is 0 Å². The first kappa shape index (κ1) is 10.3. The van der Waals surface area contributed by atoms with E-state index in [0.29, 0.717) is 4.31 Å². The van der Waals surface area contributed by atoms with Crippen molar-refractivity contribution in [2.24, 2.45) is 0 Å². The van der Waals surface area contributed by atoms with E-state index in [-0.39, 0.29) is 13.1 Å². The second-order valence-electron chi connectivity index (χ2n) is 1.84. The van der Waals surface area contributed by atoms with Gasteiger partial charge in [-0.15, -0.1) is 13.2 Å². The summed E-state index contributed by atoms with van der Waals surface area (Å²) in [5, 5.41) is 0. The van der Waals surface area contributed by atoms with Crippen LogP contribution in [0.2, 0.25) is 0 Å². The molecule has 0 spiro atoms. The van der Waals surface area contributed by atoms with Crippen LogP contribution in [0.25, 0.3) is 0 Å². The highest BCUT2D eigenvalue weighted by Gasteiger charge is 2.16. The molecule has 0 aliphatic carbocycles. The van der Waals surface area contributed by atoms with Crippen molar-refractivity contribution in [2.45, 2.75) is 0 Å². The number of rotatable bonds is 5. The third-order valence-electron chi connectivity index (χ3n) is 0.974. The van der Waals surface area contributed by atoms with Crippen molar-refractivity contribution in [1.82, 2.24) is 4.31 Å². The largest absolute Gasteiger partial charge is 0.375 e. The molecule has 5 heteroatoms. The fourth-order valence-corrected chi connectivity index (χ4v) is 1.11. The zero-order valence-corrected chi connectivity index (χ0v) is 6.85. The summed E-state index contributed by atoms with van der Waals surface area (Å²) < 4.78 is 33.4. The lowest BCUT2D eigenvalue weighted by Crippen LogP contribution is -2.27. The number of hydrogen-bond acceptors (Lipinski definition) is 2. The number of hydrogen-bond donors (Lipinski definition) is 0. The van der Waals surface area contributed by atoms with Crippen LogP contribution in [0.5, 0.6) is 0 Å². The van der Waals surface area contributed by atoms with Gasteiger partial charge < -0.3 is 0 Å². The quantitative estimate of drug-likeness (QED) is 0.464. The van der Waals surface area contributed by atoms with Crippen molar-refractivity contribution in [2.75, 3.05) is 13.1 Å². The van der Waals surface area contributed by atoms with Crippen molar-refractivity contribution < 1.29 is 12.3 Å². The number of nitrogens with zero attached hydrogens (tertiary/aromatic N) is 1. The highest BCUT2D eigenvalue weighted by Crippen LogP contribution is 2.01. The Morgan fingerprint density at radius 3 is 1.82 bits per heavy atom. The van der Waals surface area contributed by atoms with Gasteiger partial charge >= 0.3 is 10.4 Å². The molecule has 0 aromatic carbocycles. The van der Waals surface area contributed by atoms with E-state index in [1.54, 1.807) is 0 Å². The molecule has 11 heavy (non-hydrogen) atoms. The van der Waals surface area contributed by atoms with Crippen LogP contribution in [-0.2, 0) is 10.4 Å². The van der Waals surface area contributed by atoms with Gasteiger partial charge in [0.25, 0.3) is 0 Å². The summed E-state index contributed by atoms with van der Waals surface area (Å²) in [6, 6.07) is 0. The Labute approximate surface area is 66.2 Å². The average Bonchev–Trinajstić information content (AvgIpc) is 1.85. The second kappa shape index (κ2) is 4.25. The molecule has 0 atom stereocenters. The lowest BCUT2D eigenvalue weighted by Gasteiger charge is -2.11. The average molecular weight is 179 g/mol. The Balaban J connectivity index is 4.33. The maximum Gasteiger partial charge on any atom is 0.375 e. The summed E-state index contributed by atoms with van der Waals surface area (Å²) in [5.41, 5.74) is 0. The SMILES string of the molecule is C=CCN(CC=C)S(=O)(=O)F. The van der Waals surface area contributed by atoms with Gasteiger partial charge in [0.1, 0.15) is 0 Å². The van der Waals surface area contributed by atoms with Crippen LogP contribution in [0.4, 0.5) is 3.89 Å². The predicted octanol–water partition coefficient (Wildman–Crippen LogP) is 0.875. The second-order valence-corrected chi connectivity index (χ2v) is 3.18. The van der Waals surface area contributed by atoms with Crippen molar-refractivity contribution >= 4 is 10.4 Å². The van der Waals surface area contributed by atoms with E-state index in [1.165, 1.54) is 12.2 Å². The minimum absolute atomic E-state index is 0.0369. The lowest BCUT2D eigenvalue weighted by atomic mass is 10.5. The monoisotopic (exact) mass is 179 g/mol. The molecular formula is C6H10FNO2S. The molecule has 0 unspecified atom stereocenters. The molecule has 0 aliphatic rings. The molecule has 0 radical (unpaired) electrons. The van der Waals surface area contributed by atoms with Crippen LogP contribution in [0.1, 0.15) is 0 Å². The molecule has 0 N–H and O–H groups in total. The molecule has 0 aromatic rings. The summed E-state index contributed by atoms with van der Waals surface area (Å²) in [5.74, 6) is 0. The highest BCUT2D eigenvalue weighted by atomic mass is 32.3. The molecule has 0 aromatic heterocycles. The van der Waals surface area contributed by atoms with Crippen LogP contribution in [0, 0.1) is 0 Å². The third kappa shape index (κ3) is 3.90. The van der Waals surface area contributed by atoms with Gasteiger partial charge in [-0.05, 0) is 0 Å². The van der Waals surface area contributed by atoms with E-state index in [0.717, 1.165) is 0 Å². The van der Waals surface area contributed by atoms with Crippen molar-refractivity contribution in [3.8, 4) is 0 Å². The van der Waals surface area contributed by atoms with Gasteiger partial charge in [0.15, 0.2) is 0 Å². The molecule has 0 saturated carbocycles. The van der Waals surface area contributed by atoms with Gasteiger partial charge in [0, 0.05) is 13.1 Å². The first-order chi connectivity index (χ1) is 5.02. The van der Waals surface area contributed by atoms with E-state index in [1.807, 2.05) is 0 Å². The first-order valence-corrected chi connectivity index (χ1v) is 4.28. The fraction of sp³-hybridized carbons (Fsp3) is 0.333. The Kier molecular flexibility index (Phi) is 3.99. The minimum Gasteiger partial charge on any atom is -0.177 e. The standard InChI is InChI=1S/C6H10FNO2S/c1-3-5-8(6-4-2)11(7,9)10/h3-4H,1-2,5-6H2. The summed E-state index contributed by atoms with van der Waals surface area (Å²) in [6.07, 6.45) is 2.61. The fourth-order valence-electron chi connectivity index (χ4n) is 0.541. The first-order valence-electron chi connectivity index (χ1n) is 2.94. The molecular weight excluding hydrogens is 169 g/mol. The van der Waals surface area contributed by atoms with E-state index in [2.05, 4.69) is 13.2 Å². The van der Waals surface area contributed by atoms with Gasteiger partial charge in [-0.3, -0.25) is 0 Å². The topological polar surface area (TPSA) is 37.4 Å². The van der Waals surface area contributed by atoms with E-state index in [9.17, 15) is 12.3 Å². The Bertz CT molecular complexity index is 225. The third-order valence-corrected chi connectivity index (χ3v) is 1.89. The van der Waals surface area contributed by atoms with Crippen LogP contribution in [0.3, 0.4) is 0 Å². The maximum atomic E-state index is 12.2. The maximum absolute atomic E-state index is 12.2. The van der Waals surface area contributed by atoms with Crippen LogP contribution in [-0.4, -0.2) is 25.8 Å². The van der Waals surface area contributed by atoms with Gasteiger partial charge in [0.2, 0.25) is 0 Å². The van der Waals surface area contributed by atoms with Gasteiger partial charge in [0.05, 0.1) is 0 Å². The van der Waals surface area contributed by atoms with E-state index >= 15 is 0 Å². The normalized spacial score (nSPS) is 11.5. The molecule has 0 aliphatic heterocycles. The molecule has 0 amide bonds. The smallest absolute Gasteiger partial charge is 0.177 e. The molecule has 0 rings (SSSR count). The Morgan fingerprint density at radius 1 is 1.27 bits per heavy atom. The molecule has 3 nitrogen and oxygen atoms in total. The summed E-state index contributed by atoms with van der Waals surface area (Å²) in [4.78, 5) is 0. The van der Waals surface area contributed by atoms with E-state index < -0.39 is 10.4 Å². The van der Waals surface area contributed by atoms with E-state index in [4.69, 9.17) is 0 Å². The summed E-state index contributed by atoms with van der Waals surface area (Å²) >= 11 is 0. The van der Waals surface area contributed by atoms with Crippen LogP contribution < -0.4 is 0 Å². The van der Waals surface area contributed by atoms with Crippen molar-refractivity contribution in [3.05, 3.63) is 25.3 Å². The summed E-state index contributed by atoms with van der Waals surface area (Å²) in [6.45, 7) is 6.50.